The number of sulfonamides is 1. The van der Waals surface area contributed by atoms with Crippen molar-refractivity contribution in [3.8, 4) is 0 Å². The number of hydrogen-bond acceptors (Lipinski definition) is 4. The lowest BCUT2D eigenvalue weighted by molar-refractivity contribution is 0.465. The van der Waals surface area contributed by atoms with Crippen molar-refractivity contribution >= 4 is 21.4 Å². The summed E-state index contributed by atoms with van der Waals surface area (Å²) in [4.78, 5) is 0. The molecule has 1 heterocycles. The van der Waals surface area contributed by atoms with E-state index in [-0.39, 0.29) is 5.75 Å². The normalized spacial score (nSPS) is 16.6. The minimum Gasteiger partial charge on any atom is -0.313 e. The third-order valence-electron chi connectivity index (χ3n) is 2.83. The second kappa shape index (κ2) is 5.48. The molecule has 1 aliphatic carbocycles. The van der Waals surface area contributed by atoms with Gasteiger partial charge in [0, 0.05) is 26.2 Å². The van der Waals surface area contributed by atoms with Gasteiger partial charge in [-0.1, -0.05) is 0 Å². The van der Waals surface area contributed by atoms with Gasteiger partial charge in [0.15, 0.2) is 0 Å². The number of hydrogen-bond donors (Lipinski definition) is 1. The van der Waals surface area contributed by atoms with Crippen molar-refractivity contribution in [3.05, 3.63) is 22.4 Å². The maximum absolute atomic E-state index is 11.9. The smallest absolute Gasteiger partial charge is 0.215 e. The number of nitrogens with zero attached hydrogens (tertiary/aromatic N) is 1. The summed E-state index contributed by atoms with van der Waals surface area (Å²) in [5.74, 6) is 0.185. The van der Waals surface area contributed by atoms with Crippen LogP contribution in [0.3, 0.4) is 0 Å². The molecule has 0 unspecified atom stereocenters. The van der Waals surface area contributed by atoms with Gasteiger partial charge in [0.05, 0.1) is 5.75 Å². The van der Waals surface area contributed by atoms with Crippen molar-refractivity contribution < 1.29 is 8.42 Å². The predicted octanol–water partition coefficient (Wildman–Crippen LogP) is 1.26. The van der Waals surface area contributed by atoms with Gasteiger partial charge < -0.3 is 5.32 Å². The van der Waals surface area contributed by atoms with Crippen LogP contribution in [0.1, 0.15) is 18.4 Å². The van der Waals surface area contributed by atoms with E-state index in [1.165, 1.54) is 17.1 Å². The second-order valence-electron chi connectivity index (χ2n) is 4.43. The highest BCUT2D eigenvalue weighted by Gasteiger charge is 2.22. The van der Waals surface area contributed by atoms with Crippen molar-refractivity contribution in [1.82, 2.24) is 9.62 Å². The van der Waals surface area contributed by atoms with E-state index < -0.39 is 10.0 Å². The first kappa shape index (κ1) is 13.0. The van der Waals surface area contributed by atoms with E-state index in [1.807, 2.05) is 16.8 Å². The van der Waals surface area contributed by atoms with E-state index in [4.69, 9.17) is 0 Å². The molecule has 4 nitrogen and oxygen atoms in total. The summed E-state index contributed by atoms with van der Waals surface area (Å²) in [6.45, 7) is 1.02. The zero-order valence-corrected chi connectivity index (χ0v) is 11.6. The molecule has 0 aromatic carbocycles. The van der Waals surface area contributed by atoms with Gasteiger partial charge in [0.2, 0.25) is 10.0 Å². The van der Waals surface area contributed by atoms with E-state index in [0.29, 0.717) is 19.1 Å². The zero-order chi connectivity index (χ0) is 12.3. The van der Waals surface area contributed by atoms with E-state index in [1.54, 1.807) is 18.4 Å². The van der Waals surface area contributed by atoms with Gasteiger partial charge in [-0.2, -0.15) is 11.3 Å². The summed E-state index contributed by atoms with van der Waals surface area (Å²) in [7, 11) is -1.49. The zero-order valence-electron chi connectivity index (χ0n) is 9.93. The SMILES string of the molecule is CN(Cc1ccsc1)S(=O)(=O)CCNC1CC1. The molecule has 96 valence electrons. The minimum absolute atomic E-state index is 0.185. The maximum atomic E-state index is 11.9. The van der Waals surface area contributed by atoms with E-state index in [2.05, 4.69) is 5.32 Å². The van der Waals surface area contributed by atoms with Crippen LogP contribution in [-0.4, -0.2) is 38.1 Å². The van der Waals surface area contributed by atoms with Crippen LogP contribution in [0.2, 0.25) is 0 Å². The van der Waals surface area contributed by atoms with Gasteiger partial charge in [-0.3, -0.25) is 0 Å². The van der Waals surface area contributed by atoms with Gasteiger partial charge in [0.25, 0.3) is 0 Å². The first-order chi connectivity index (χ1) is 8.08. The standard InChI is InChI=1S/C11H18N2O2S2/c1-13(8-10-4-6-16-9-10)17(14,15)7-5-12-11-2-3-11/h4,6,9,11-12H,2-3,5,7-8H2,1H3. The lowest BCUT2D eigenvalue weighted by Gasteiger charge is -2.16. The van der Waals surface area contributed by atoms with Crippen molar-refractivity contribution in [2.45, 2.75) is 25.4 Å². The molecule has 1 saturated carbocycles. The van der Waals surface area contributed by atoms with Crippen LogP contribution in [0.25, 0.3) is 0 Å². The number of nitrogens with one attached hydrogen (secondary N) is 1. The van der Waals surface area contributed by atoms with E-state index in [9.17, 15) is 8.42 Å². The summed E-state index contributed by atoms with van der Waals surface area (Å²) in [6, 6.07) is 2.52. The molecule has 0 radical (unpaired) electrons. The first-order valence-corrected chi connectivity index (χ1v) is 8.31. The van der Waals surface area contributed by atoms with Crippen LogP contribution in [0.15, 0.2) is 16.8 Å². The summed E-state index contributed by atoms with van der Waals surface area (Å²) >= 11 is 1.59. The Morgan fingerprint density at radius 1 is 1.53 bits per heavy atom. The second-order valence-corrected chi connectivity index (χ2v) is 7.41. The molecule has 2 rings (SSSR count). The van der Waals surface area contributed by atoms with Crippen LogP contribution in [0.5, 0.6) is 0 Å². The Hall–Kier alpha value is -0.430. The van der Waals surface area contributed by atoms with Crippen LogP contribution >= 0.6 is 11.3 Å². The average Bonchev–Trinajstić information content (AvgIpc) is 2.94. The van der Waals surface area contributed by atoms with Crippen LogP contribution in [-0.2, 0) is 16.6 Å². The quantitative estimate of drug-likeness (QED) is 0.814. The number of rotatable bonds is 7. The van der Waals surface area contributed by atoms with Crippen molar-refractivity contribution in [3.63, 3.8) is 0 Å². The fourth-order valence-electron chi connectivity index (χ4n) is 1.57. The molecule has 1 fully saturated rings. The minimum atomic E-state index is -3.13. The lowest BCUT2D eigenvalue weighted by atomic mass is 10.3. The molecule has 0 saturated heterocycles. The molecule has 0 spiro atoms. The maximum Gasteiger partial charge on any atom is 0.215 e. The molecular formula is C11H18N2O2S2. The van der Waals surface area contributed by atoms with E-state index in [0.717, 1.165) is 5.56 Å². The molecule has 17 heavy (non-hydrogen) atoms. The molecule has 1 N–H and O–H groups in total. The molecule has 6 heteroatoms. The van der Waals surface area contributed by atoms with Gasteiger partial charge in [-0.25, -0.2) is 12.7 Å². The predicted molar refractivity (Wildman–Crippen MR) is 70.6 cm³/mol. The molecule has 0 aliphatic heterocycles. The first-order valence-electron chi connectivity index (χ1n) is 5.76. The fraction of sp³-hybridized carbons (Fsp3) is 0.636. The Morgan fingerprint density at radius 2 is 2.29 bits per heavy atom. The molecule has 0 atom stereocenters. The van der Waals surface area contributed by atoms with Crippen molar-refractivity contribution in [1.29, 1.82) is 0 Å². The van der Waals surface area contributed by atoms with Crippen LogP contribution in [0, 0.1) is 0 Å². The highest BCUT2D eigenvalue weighted by Crippen LogP contribution is 2.18. The number of thiophene rings is 1. The Kier molecular flexibility index (Phi) is 4.19. The Balaban J connectivity index is 1.80. The van der Waals surface area contributed by atoms with Crippen LogP contribution in [0.4, 0.5) is 0 Å². The summed E-state index contributed by atoms with van der Waals surface area (Å²) in [5, 5.41) is 7.17. The lowest BCUT2D eigenvalue weighted by Crippen LogP contribution is -2.33. The van der Waals surface area contributed by atoms with Crippen molar-refractivity contribution in [2.24, 2.45) is 0 Å². The highest BCUT2D eigenvalue weighted by atomic mass is 32.2. The average molecular weight is 274 g/mol. The molecule has 1 aliphatic rings. The Morgan fingerprint density at radius 3 is 2.88 bits per heavy atom. The summed E-state index contributed by atoms with van der Waals surface area (Å²) in [5.41, 5.74) is 1.05. The van der Waals surface area contributed by atoms with Crippen molar-refractivity contribution in [2.75, 3.05) is 19.3 Å². The molecular weight excluding hydrogens is 256 g/mol. The topological polar surface area (TPSA) is 49.4 Å². The monoisotopic (exact) mass is 274 g/mol. The van der Waals surface area contributed by atoms with Gasteiger partial charge >= 0.3 is 0 Å². The van der Waals surface area contributed by atoms with E-state index >= 15 is 0 Å². The molecule has 0 bridgehead atoms. The van der Waals surface area contributed by atoms with Crippen LogP contribution < -0.4 is 5.32 Å². The molecule has 0 amide bonds. The largest absolute Gasteiger partial charge is 0.313 e. The molecule has 1 aromatic heterocycles. The van der Waals surface area contributed by atoms with Gasteiger partial charge in [-0.05, 0) is 35.2 Å². The highest BCUT2D eigenvalue weighted by molar-refractivity contribution is 7.89. The Labute approximate surface area is 107 Å². The third-order valence-corrected chi connectivity index (χ3v) is 5.36. The Bertz CT molecular complexity index is 438. The molecule has 1 aromatic rings. The summed E-state index contributed by atoms with van der Waals surface area (Å²) < 4.78 is 25.3. The third kappa shape index (κ3) is 4.06. The summed E-state index contributed by atoms with van der Waals surface area (Å²) in [6.07, 6.45) is 2.37. The van der Waals surface area contributed by atoms with Gasteiger partial charge in [-0.15, -0.1) is 0 Å². The van der Waals surface area contributed by atoms with Gasteiger partial charge in [0.1, 0.15) is 0 Å². The fourth-order valence-corrected chi connectivity index (χ4v) is 3.27.